The molecule has 0 heterocycles. The van der Waals surface area contributed by atoms with Gasteiger partial charge in [-0.15, -0.1) is 0 Å². The molecule has 2 aromatic rings. The van der Waals surface area contributed by atoms with Gasteiger partial charge >= 0.3 is 0 Å². The number of carbonyl (C=O) groups is 1. The average Bonchev–Trinajstić information content (AvgIpc) is 2.61. The highest BCUT2D eigenvalue weighted by atomic mass is 16.5. The first-order valence-corrected chi connectivity index (χ1v) is 7.04. The molecule has 0 aromatic heterocycles. The lowest BCUT2D eigenvalue weighted by molar-refractivity contribution is 0.0955. The van der Waals surface area contributed by atoms with Crippen molar-refractivity contribution in [3.63, 3.8) is 0 Å². The largest absolute Gasteiger partial charge is 0.497 e. The van der Waals surface area contributed by atoms with Gasteiger partial charge in [0, 0.05) is 5.56 Å². The molecule has 5 nitrogen and oxygen atoms in total. The molecular weight excluding hydrogens is 292 g/mol. The van der Waals surface area contributed by atoms with Crippen LogP contribution >= 0.6 is 0 Å². The van der Waals surface area contributed by atoms with Crippen LogP contribution in [0, 0.1) is 0 Å². The standard InChI is InChI=1S/C18H18N2O3/c1-3-11-23-16-9-7-14(8-10-16)13-19-20-18(21)15-5-4-6-17(12-15)22-2/h3-10,12-13H,1,11H2,2H3,(H,20,21)/b19-13-. The van der Waals surface area contributed by atoms with Crippen LogP contribution in [0.15, 0.2) is 66.3 Å². The maximum atomic E-state index is 12.0. The fourth-order valence-corrected chi connectivity index (χ4v) is 1.80. The van der Waals surface area contributed by atoms with Gasteiger partial charge in [0.1, 0.15) is 18.1 Å². The first kappa shape index (κ1) is 16.3. The molecule has 0 bridgehead atoms. The first-order chi connectivity index (χ1) is 11.2. The van der Waals surface area contributed by atoms with Crippen molar-refractivity contribution >= 4 is 12.1 Å². The highest BCUT2D eigenvalue weighted by molar-refractivity contribution is 5.95. The minimum Gasteiger partial charge on any atom is -0.497 e. The monoisotopic (exact) mass is 310 g/mol. The lowest BCUT2D eigenvalue weighted by Crippen LogP contribution is -2.17. The van der Waals surface area contributed by atoms with Crippen LogP contribution < -0.4 is 14.9 Å². The second-order valence-electron chi connectivity index (χ2n) is 4.60. The number of nitrogens with zero attached hydrogens (tertiary/aromatic N) is 1. The zero-order chi connectivity index (χ0) is 16.5. The highest BCUT2D eigenvalue weighted by Crippen LogP contribution is 2.12. The van der Waals surface area contributed by atoms with Gasteiger partial charge in [-0.3, -0.25) is 4.79 Å². The van der Waals surface area contributed by atoms with Gasteiger partial charge in [0.2, 0.25) is 0 Å². The summed E-state index contributed by atoms with van der Waals surface area (Å²) in [6, 6.07) is 14.2. The SMILES string of the molecule is C=CCOc1ccc(/C=N\NC(=O)c2cccc(OC)c2)cc1. The smallest absolute Gasteiger partial charge is 0.271 e. The van der Waals surface area contributed by atoms with Crippen LogP contribution in [-0.4, -0.2) is 25.8 Å². The van der Waals surface area contributed by atoms with Crippen LogP contribution in [0.5, 0.6) is 11.5 Å². The molecule has 118 valence electrons. The Hall–Kier alpha value is -3.08. The molecule has 23 heavy (non-hydrogen) atoms. The van der Waals surface area contributed by atoms with E-state index in [4.69, 9.17) is 9.47 Å². The Morgan fingerprint density at radius 2 is 2.00 bits per heavy atom. The van der Waals surface area contributed by atoms with E-state index >= 15 is 0 Å². The summed E-state index contributed by atoms with van der Waals surface area (Å²) in [6.45, 7) is 4.05. The first-order valence-electron chi connectivity index (χ1n) is 7.04. The van der Waals surface area contributed by atoms with Crippen molar-refractivity contribution in [1.82, 2.24) is 5.43 Å². The van der Waals surface area contributed by atoms with Crippen molar-refractivity contribution in [1.29, 1.82) is 0 Å². The van der Waals surface area contributed by atoms with E-state index in [1.807, 2.05) is 24.3 Å². The lowest BCUT2D eigenvalue weighted by Gasteiger charge is -2.03. The van der Waals surface area contributed by atoms with Gasteiger partial charge in [0.25, 0.3) is 5.91 Å². The van der Waals surface area contributed by atoms with Crippen molar-refractivity contribution in [2.24, 2.45) is 5.10 Å². The summed E-state index contributed by atoms with van der Waals surface area (Å²) >= 11 is 0. The van der Waals surface area contributed by atoms with Crippen molar-refractivity contribution in [3.8, 4) is 11.5 Å². The van der Waals surface area contributed by atoms with Gasteiger partial charge in [-0.1, -0.05) is 18.7 Å². The van der Waals surface area contributed by atoms with Crippen molar-refractivity contribution in [3.05, 3.63) is 72.3 Å². The Morgan fingerprint density at radius 3 is 2.70 bits per heavy atom. The molecule has 0 aliphatic heterocycles. The van der Waals surface area contributed by atoms with E-state index in [0.29, 0.717) is 17.9 Å². The van der Waals surface area contributed by atoms with Crippen molar-refractivity contribution in [2.75, 3.05) is 13.7 Å². The summed E-state index contributed by atoms with van der Waals surface area (Å²) in [4.78, 5) is 12.0. The van der Waals surface area contributed by atoms with Gasteiger partial charge in [-0.2, -0.15) is 5.10 Å². The molecule has 0 aliphatic rings. The summed E-state index contributed by atoms with van der Waals surface area (Å²) in [5.74, 6) is 1.07. The molecule has 0 radical (unpaired) electrons. The number of amides is 1. The molecule has 0 saturated carbocycles. The van der Waals surface area contributed by atoms with E-state index in [-0.39, 0.29) is 5.91 Å². The molecule has 1 N–H and O–H groups in total. The topological polar surface area (TPSA) is 59.9 Å². The minimum absolute atomic E-state index is 0.300. The van der Waals surface area contributed by atoms with Gasteiger partial charge in [0.15, 0.2) is 0 Å². The number of benzene rings is 2. The zero-order valence-electron chi connectivity index (χ0n) is 12.9. The number of hydrazone groups is 1. The second kappa shape index (κ2) is 8.38. The third-order valence-electron chi connectivity index (χ3n) is 2.96. The third-order valence-corrected chi connectivity index (χ3v) is 2.96. The quantitative estimate of drug-likeness (QED) is 0.486. The number of methoxy groups -OCH3 is 1. The summed E-state index contributed by atoms with van der Waals surface area (Å²) in [6.07, 6.45) is 3.25. The third kappa shape index (κ3) is 5.00. The molecular formula is C18H18N2O3. The van der Waals surface area contributed by atoms with E-state index in [1.165, 1.54) is 0 Å². The Balaban J connectivity index is 1.92. The van der Waals surface area contributed by atoms with Crippen LogP contribution in [0.2, 0.25) is 0 Å². The lowest BCUT2D eigenvalue weighted by atomic mass is 10.2. The molecule has 0 saturated heterocycles. The van der Waals surface area contributed by atoms with E-state index in [9.17, 15) is 4.79 Å². The number of nitrogens with one attached hydrogen (secondary N) is 1. The highest BCUT2D eigenvalue weighted by Gasteiger charge is 2.04. The van der Waals surface area contributed by atoms with Gasteiger partial charge < -0.3 is 9.47 Å². The summed E-state index contributed by atoms with van der Waals surface area (Å²) in [5, 5.41) is 3.94. The minimum atomic E-state index is -0.300. The molecule has 0 spiro atoms. The van der Waals surface area contributed by atoms with E-state index in [2.05, 4.69) is 17.1 Å². The molecule has 5 heteroatoms. The number of carbonyl (C=O) groups excluding carboxylic acids is 1. The molecule has 0 atom stereocenters. The Bertz CT molecular complexity index is 694. The van der Waals surface area contributed by atoms with Gasteiger partial charge in [0.05, 0.1) is 13.3 Å². The van der Waals surface area contributed by atoms with Crippen LogP contribution in [0.4, 0.5) is 0 Å². The number of hydrogen-bond donors (Lipinski definition) is 1. The van der Waals surface area contributed by atoms with E-state index < -0.39 is 0 Å². The maximum absolute atomic E-state index is 12.0. The number of rotatable bonds is 7. The van der Waals surface area contributed by atoms with E-state index in [0.717, 1.165) is 11.3 Å². The van der Waals surface area contributed by atoms with Gasteiger partial charge in [-0.05, 0) is 48.0 Å². The summed E-state index contributed by atoms with van der Waals surface area (Å²) < 4.78 is 10.5. The molecule has 0 unspecified atom stereocenters. The zero-order valence-corrected chi connectivity index (χ0v) is 12.9. The van der Waals surface area contributed by atoms with Crippen LogP contribution in [0.25, 0.3) is 0 Å². The predicted molar refractivity (Wildman–Crippen MR) is 90.2 cm³/mol. The molecule has 0 aliphatic carbocycles. The molecule has 0 fully saturated rings. The second-order valence-corrected chi connectivity index (χ2v) is 4.60. The summed E-state index contributed by atoms with van der Waals surface area (Å²) in [5.41, 5.74) is 3.81. The van der Waals surface area contributed by atoms with Crippen molar-refractivity contribution < 1.29 is 14.3 Å². The van der Waals surface area contributed by atoms with Crippen LogP contribution in [0.1, 0.15) is 15.9 Å². The average molecular weight is 310 g/mol. The number of hydrogen-bond acceptors (Lipinski definition) is 4. The predicted octanol–water partition coefficient (Wildman–Crippen LogP) is 3.02. The van der Waals surface area contributed by atoms with Crippen LogP contribution in [-0.2, 0) is 0 Å². The molecule has 2 rings (SSSR count). The Labute approximate surface area is 135 Å². The van der Waals surface area contributed by atoms with Gasteiger partial charge in [-0.25, -0.2) is 5.43 Å². The van der Waals surface area contributed by atoms with E-state index in [1.54, 1.807) is 43.7 Å². The number of ether oxygens (including phenoxy) is 2. The maximum Gasteiger partial charge on any atom is 0.271 e. The van der Waals surface area contributed by atoms with Crippen molar-refractivity contribution in [2.45, 2.75) is 0 Å². The Morgan fingerprint density at radius 1 is 1.22 bits per heavy atom. The summed E-state index contributed by atoms with van der Waals surface area (Å²) in [7, 11) is 1.55. The Kier molecular flexibility index (Phi) is 5.94. The molecule has 1 amide bonds. The fraction of sp³-hybridized carbons (Fsp3) is 0.111. The normalized spacial score (nSPS) is 10.3. The molecule has 2 aromatic carbocycles. The fourth-order valence-electron chi connectivity index (χ4n) is 1.80. The van der Waals surface area contributed by atoms with Crippen LogP contribution in [0.3, 0.4) is 0 Å².